The Bertz CT molecular complexity index is 452. The van der Waals surface area contributed by atoms with Crippen molar-refractivity contribution in [3.05, 3.63) is 29.6 Å². The smallest absolute Gasteiger partial charge is 0.167 e. The van der Waals surface area contributed by atoms with Crippen molar-refractivity contribution in [2.45, 2.75) is 58.3 Å². The van der Waals surface area contributed by atoms with Crippen molar-refractivity contribution in [3.8, 4) is 5.75 Å². The molecule has 1 saturated carbocycles. The van der Waals surface area contributed by atoms with Crippen LogP contribution in [0.1, 0.15) is 38.7 Å². The standard InChI is InChI=1S/C17H26FNO2/c1-4-9-19-13-11-15(17(13)20-10-5-2)21-14-8-6-7-12(3)16(14)18/h6-8,13,15,17,19H,4-5,9-11H2,1-3H3. The predicted octanol–water partition coefficient (Wildman–Crippen LogP) is 3.45. The fraction of sp³-hybridized carbons (Fsp3) is 0.647. The highest BCUT2D eigenvalue weighted by atomic mass is 19.1. The molecule has 0 aromatic heterocycles. The molecule has 0 heterocycles. The van der Waals surface area contributed by atoms with Crippen molar-refractivity contribution in [2.24, 2.45) is 0 Å². The minimum absolute atomic E-state index is 0.0106. The molecule has 4 heteroatoms. The fourth-order valence-corrected chi connectivity index (χ4v) is 2.58. The number of nitrogens with one attached hydrogen (secondary N) is 1. The van der Waals surface area contributed by atoms with E-state index in [1.807, 2.05) is 6.07 Å². The Morgan fingerprint density at radius 2 is 2.10 bits per heavy atom. The van der Waals surface area contributed by atoms with Gasteiger partial charge in [0.05, 0.1) is 0 Å². The second-order valence-corrected chi connectivity index (χ2v) is 5.68. The summed E-state index contributed by atoms with van der Waals surface area (Å²) >= 11 is 0. The van der Waals surface area contributed by atoms with Gasteiger partial charge in [-0.2, -0.15) is 0 Å². The van der Waals surface area contributed by atoms with Crippen LogP contribution in [0.4, 0.5) is 4.39 Å². The van der Waals surface area contributed by atoms with Gasteiger partial charge < -0.3 is 14.8 Å². The van der Waals surface area contributed by atoms with Crippen LogP contribution in [0.15, 0.2) is 18.2 Å². The van der Waals surface area contributed by atoms with Gasteiger partial charge >= 0.3 is 0 Å². The summed E-state index contributed by atoms with van der Waals surface area (Å²) < 4.78 is 25.7. The number of hydrogen-bond acceptors (Lipinski definition) is 3. The van der Waals surface area contributed by atoms with Crippen LogP contribution in [0.3, 0.4) is 0 Å². The fourth-order valence-electron chi connectivity index (χ4n) is 2.58. The molecule has 118 valence electrons. The highest BCUT2D eigenvalue weighted by Gasteiger charge is 2.43. The topological polar surface area (TPSA) is 30.5 Å². The maximum atomic E-state index is 14.0. The van der Waals surface area contributed by atoms with E-state index < -0.39 is 0 Å². The lowest BCUT2D eigenvalue weighted by Crippen LogP contribution is -2.61. The Morgan fingerprint density at radius 1 is 1.29 bits per heavy atom. The molecular formula is C17H26FNO2. The van der Waals surface area contributed by atoms with Crippen LogP contribution in [0, 0.1) is 12.7 Å². The van der Waals surface area contributed by atoms with Gasteiger partial charge in [0.25, 0.3) is 0 Å². The van der Waals surface area contributed by atoms with Gasteiger partial charge in [-0.3, -0.25) is 0 Å². The number of benzene rings is 1. The second kappa shape index (κ2) is 7.76. The van der Waals surface area contributed by atoms with Gasteiger partial charge in [-0.15, -0.1) is 0 Å². The zero-order chi connectivity index (χ0) is 15.2. The quantitative estimate of drug-likeness (QED) is 0.797. The molecule has 0 saturated heterocycles. The monoisotopic (exact) mass is 295 g/mol. The van der Waals surface area contributed by atoms with Gasteiger partial charge in [-0.25, -0.2) is 4.39 Å². The second-order valence-electron chi connectivity index (χ2n) is 5.68. The first-order valence-corrected chi connectivity index (χ1v) is 7.94. The molecule has 1 aromatic rings. The zero-order valence-electron chi connectivity index (χ0n) is 13.2. The Balaban J connectivity index is 1.97. The average Bonchev–Trinajstić information content (AvgIpc) is 2.46. The number of rotatable bonds is 8. The van der Waals surface area contributed by atoms with E-state index in [1.54, 1.807) is 19.1 Å². The van der Waals surface area contributed by atoms with E-state index in [4.69, 9.17) is 9.47 Å². The van der Waals surface area contributed by atoms with E-state index in [2.05, 4.69) is 19.2 Å². The van der Waals surface area contributed by atoms with E-state index in [0.29, 0.717) is 24.0 Å². The predicted molar refractivity (Wildman–Crippen MR) is 82.3 cm³/mol. The molecule has 3 nitrogen and oxygen atoms in total. The van der Waals surface area contributed by atoms with E-state index in [1.165, 1.54) is 0 Å². The molecule has 1 fully saturated rings. The van der Waals surface area contributed by atoms with Crippen molar-refractivity contribution < 1.29 is 13.9 Å². The molecule has 21 heavy (non-hydrogen) atoms. The van der Waals surface area contributed by atoms with Crippen LogP contribution in [-0.4, -0.2) is 31.4 Å². The normalized spacial score (nSPS) is 24.7. The lowest BCUT2D eigenvalue weighted by atomic mass is 9.85. The molecule has 2 rings (SSSR count). The van der Waals surface area contributed by atoms with Gasteiger partial charge in [-0.05, 0) is 37.9 Å². The van der Waals surface area contributed by atoms with Crippen LogP contribution in [0.25, 0.3) is 0 Å². The molecule has 1 aliphatic rings. The van der Waals surface area contributed by atoms with Crippen LogP contribution in [0.5, 0.6) is 5.75 Å². The molecule has 0 bridgehead atoms. The zero-order valence-corrected chi connectivity index (χ0v) is 13.2. The summed E-state index contributed by atoms with van der Waals surface area (Å²) in [5.41, 5.74) is 0.610. The summed E-state index contributed by atoms with van der Waals surface area (Å²) in [4.78, 5) is 0. The molecule has 1 aliphatic carbocycles. The highest BCUT2D eigenvalue weighted by Crippen LogP contribution is 2.31. The lowest BCUT2D eigenvalue weighted by Gasteiger charge is -2.44. The minimum atomic E-state index is -0.267. The Kier molecular flexibility index (Phi) is 6.00. The highest BCUT2D eigenvalue weighted by molar-refractivity contribution is 5.30. The molecule has 0 radical (unpaired) electrons. The van der Waals surface area contributed by atoms with Gasteiger partial charge in [0.15, 0.2) is 11.6 Å². The summed E-state index contributed by atoms with van der Waals surface area (Å²) in [7, 11) is 0. The number of hydrogen-bond donors (Lipinski definition) is 1. The van der Waals surface area contributed by atoms with Crippen molar-refractivity contribution in [1.82, 2.24) is 5.32 Å². The average molecular weight is 295 g/mol. The molecule has 0 aliphatic heterocycles. The Labute approximate surface area is 126 Å². The summed E-state index contributed by atoms with van der Waals surface area (Å²) in [6, 6.07) is 5.57. The van der Waals surface area contributed by atoms with Gasteiger partial charge in [0.1, 0.15) is 12.2 Å². The van der Waals surface area contributed by atoms with E-state index in [-0.39, 0.29) is 18.0 Å². The van der Waals surface area contributed by atoms with Gasteiger partial charge in [0.2, 0.25) is 0 Å². The first-order valence-electron chi connectivity index (χ1n) is 7.94. The molecule has 0 amide bonds. The number of halogens is 1. The summed E-state index contributed by atoms with van der Waals surface area (Å²) in [6.45, 7) is 7.67. The Morgan fingerprint density at radius 3 is 2.81 bits per heavy atom. The van der Waals surface area contributed by atoms with Crippen LogP contribution >= 0.6 is 0 Å². The third-order valence-corrected chi connectivity index (χ3v) is 3.85. The summed E-state index contributed by atoms with van der Waals surface area (Å²) in [6.07, 6.45) is 2.87. The number of ether oxygens (including phenoxy) is 2. The minimum Gasteiger partial charge on any atom is -0.485 e. The van der Waals surface area contributed by atoms with Crippen molar-refractivity contribution in [3.63, 3.8) is 0 Å². The third-order valence-electron chi connectivity index (χ3n) is 3.85. The van der Waals surface area contributed by atoms with E-state index >= 15 is 0 Å². The molecule has 1 aromatic carbocycles. The lowest BCUT2D eigenvalue weighted by molar-refractivity contribution is -0.108. The van der Waals surface area contributed by atoms with Crippen molar-refractivity contribution in [2.75, 3.05) is 13.2 Å². The van der Waals surface area contributed by atoms with Crippen molar-refractivity contribution in [1.29, 1.82) is 0 Å². The maximum absolute atomic E-state index is 14.0. The van der Waals surface area contributed by atoms with Gasteiger partial charge in [-0.1, -0.05) is 26.0 Å². The molecule has 3 atom stereocenters. The summed E-state index contributed by atoms with van der Waals surface area (Å²) in [5.74, 6) is 0.0655. The largest absolute Gasteiger partial charge is 0.485 e. The Hall–Kier alpha value is -1.13. The summed E-state index contributed by atoms with van der Waals surface area (Å²) in [5, 5.41) is 3.47. The van der Waals surface area contributed by atoms with Crippen LogP contribution in [-0.2, 0) is 4.74 Å². The first kappa shape index (κ1) is 16.2. The van der Waals surface area contributed by atoms with Crippen LogP contribution in [0.2, 0.25) is 0 Å². The van der Waals surface area contributed by atoms with Gasteiger partial charge in [0, 0.05) is 19.1 Å². The third kappa shape index (κ3) is 3.95. The van der Waals surface area contributed by atoms with Crippen molar-refractivity contribution >= 4 is 0 Å². The first-order chi connectivity index (χ1) is 10.2. The van der Waals surface area contributed by atoms with E-state index in [0.717, 1.165) is 25.8 Å². The number of aryl methyl sites for hydroxylation is 1. The SMILES string of the molecule is CCCNC1CC(Oc2cccc(C)c2F)C1OCCC. The molecule has 3 unspecified atom stereocenters. The van der Waals surface area contributed by atoms with E-state index in [9.17, 15) is 4.39 Å². The van der Waals surface area contributed by atoms with Crippen LogP contribution < -0.4 is 10.1 Å². The molecule has 0 spiro atoms. The molecule has 1 N–H and O–H groups in total. The maximum Gasteiger partial charge on any atom is 0.167 e. The molecular weight excluding hydrogens is 269 g/mol.